The highest BCUT2D eigenvalue weighted by molar-refractivity contribution is 7.15. The van der Waals surface area contributed by atoms with Crippen LogP contribution in [0.4, 0.5) is 5.13 Å². The molecule has 1 atom stereocenters. The van der Waals surface area contributed by atoms with Crippen molar-refractivity contribution < 1.29 is 4.79 Å². The van der Waals surface area contributed by atoms with Gasteiger partial charge in [0.25, 0.3) is 0 Å². The molecule has 3 nitrogen and oxygen atoms in total. The van der Waals surface area contributed by atoms with Crippen LogP contribution in [0, 0.1) is 13.8 Å². The second-order valence-electron chi connectivity index (χ2n) is 4.03. The molecule has 0 spiro atoms. The van der Waals surface area contributed by atoms with Gasteiger partial charge < -0.3 is 9.69 Å². The Kier molecular flexibility index (Phi) is 3.05. The van der Waals surface area contributed by atoms with E-state index in [1.165, 1.54) is 11.3 Å². The maximum absolute atomic E-state index is 11.0. The molecule has 2 heterocycles. The summed E-state index contributed by atoms with van der Waals surface area (Å²) in [6.45, 7) is 5.07. The predicted molar refractivity (Wildman–Crippen MR) is 62.6 cm³/mol. The molecule has 1 aromatic rings. The van der Waals surface area contributed by atoms with Crippen LogP contribution >= 0.6 is 11.3 Å². The number of aldehydes is 1. The molecule has 0 amide bonds. The fourth-order valence-corrected chi connectivity index (χ4v) is 2.91. The number of hydrogen-bond donors (Lipinski definition) is 0. The molecule has 0 saturated carbocycles. The lowest BCUT2D eigenvalue weighted by atomic mass is 10.0. The molecular formula is C11H16N2OS. The number of aryl methyl sites for hydroxylation is 2. The quantitative estimate of drug-likeness (QED) is 0.723. The van der Waals surface area contributed by atoms with Gasteiger partial charge in [-0.25, -0.2) is 4.98 Å². The van der Waals surface area contributed by atoms with E-state index >= 15 is 0 Å². The molecule has 15 heavy (non-hydrogen) atoms. The van der Waals surface area contributed by atoms with Gasteiger partial charge in [0.05, 0.1) is 11.7 Å². The highest BCUT2D eigenvalue weighted by atomic mass is 32.1. The summed E-state index contributed by atoms with van der Waals surface area (Å²) < 4.78 is 0. The smallest absolute Gasteiger partial charge is 0.186 e. The second kappa shape index (κ2) is 4.31. The van der Waals surface area contributed by atoms with Gasteiger partial charge in [0.1, 0.15) is 6.29 Å². The molecule has 0 N–H and O–H groups in total. The Bertz CT molecular complexity index is 342. The Morgan fingerprint density at radius 2 is 2.27 bits per heavy atom. The molecule has 1 aliphatic heterocycles. The van der Waals surface area contributed by atoms with Gasteiger partial charge in [0.2, 0.25) is 0 Å². The van der Waals surface area contributed by atoms with Gasteiger partial charge in [-0.3, -0.25) is 0 Å². The van der Waals surface area contributed by atoms with Crippen molar-refractivity contribution in [1.29, 1.82) is 0 Å². The van der Waals surface area contributed by atoms with Crippen LogP contribution in [0.25, 0.3) is 0 Å². The molecule has 0 bridgehead atoms. The standard InChI is InChI=1S/C11H16N2OS/c1-8-9(2)15-11(12-8)13-6-4-3-5-10(13)7-14/h7,10H,3-6H2,1-2H3. The van der Waals surface area contributed by atoms with E-state index in [0.717, 1.165) is 36.5 Å². The maximum atomic E-state index is 11.0. The molecule has 4 heteroatoms. The van der Waals surface area contributed by atoms with Crippen LogP contribution in [-0.4, -0.2) is 23.9 Å². The Hall–Kier alpha value is -0.900. The molecular weight excluding hydrogens is 208 g/mol. The number of aromatic nitrogens is 1. The summed E-state index contributed by atoms with van der Waals surface area (Å²) in [5, 5.41) is 1.02. The maximum Gasteiger partial charge on any atom is 0.186 e. The van der Waals surface area contributed by atoms with Gasteiger partial charge in [-0.2, -0.15) is 0 Å². The molecule has 0 aliphatic carbocycles. The Labute approximate surface area is 94.1 Å². The minimum atomic E-state index is 0.0451. The highest BCUT2D eigenvalue weighted by Gasteiger charge is 2.24. The van der Waals surface area contributed by atoms with Crippen molar-refractivity contribution in [3.05, 3.63) is 10.6 Å². The number of carbonyl (C=O) groups excluding carboxylic acids is 1. The summed E-state index contributed by atoms with van der Waals surface area (Å²) in [4.78, 5) is 18.9. The number of hydrogen-bond acceptors (Lipinski definition) is 4. The third-order valence-electron chi connectivity index (χ3n) is 2.97. The van der Waals surface area contributed by atoms with Crippen LogP contribution in [0.1, 0.15) is 29.8 Å². The van der Waals surface area contributed by atoms with Crippen LogP contribution in [-0.2, 0) is 4.79 Å². The van der Waals surface area contributed by atoms with E-state index in [1.807, 2.05) is 6.92 Å². The number of piperidine rings is 1. The van der Waals surface area contributed by atoms with E-state index in [4.69, 9.17) is 0 Å². The van der Waals surface area contributed by atoms with Crippen LogP contribution in [0.15, 0.2) is 0 Å². The molecule has 1 fully saturated rings. The molecule has 82 valence electrons. The Balaban J connectivity index is 2.23. The summed E-state index contributed by atoms with van der Waals surface area (Å²) in [6, 6.07) is 0.0451. The van der Waals surface area contributed by atoms with E-state index < -0.39 is 0 Å². The highest BCUT2D eigenvalue weighted by Crippen LogP contribution is 2.29. The topological polar surface area (TPSA) is 33.2 Å². The summed E-state index contributed by atoms with van der Waals surface area (Å²) in [5.74, 6) is 0. The molecule has 1 unspecified atom stereocenters. The van der Waals surface area contributed by atoms with Crippen LogP contribution < -0.4 is 4.90 Å². The van der Waals surface area contributed by atoms with Gasteiger partial charge >= 0.3 is 0 Å². The average molecular weight is 224 g/mol. The van der Waals surface area contributed by atoms with Crippen molar-refractivity contribution in [3.8, 4) is 0 Å². The summed E-state index contributed by atoms with van der Waals surface area (Å²) in [7, 11) is 0. The van der Waals surface area contributed by atoms with Crippen molar-refractivity contribution in [3.63, 3.8) is 0 Å². The van der Waals surface area contributed by atoms with Crippen LogP contribution in [0.3, 0.4) is 0 Å². The number of thiazole rings is 1. The SMILES string of the molecule is Cc1nc(N2CCCCC2C=O)sc1C. The monoisotopic (exact) mass is 224 g/mol. The van der Waals surface area contributed by atoms with E-state index in [9.17, 15) is 4.79 Å². The Morgan fingerprint density at radius 3 is 2.87 bits per heavy atom. The summed E-state index contributed by atoms with van der Waals surface area (Å²) in [5.41, 5.74) is 1.09. The minimum Gasteiger partial charge on any atom is -0.338 e. The zero-order chi connectivity index (χ0) is 10.8. The van der Waals surface area contributed by atoms with Crippen molar-refractivity contribution in [2.24, 2.45) is 0 Å². The first-order valence-corrected chi connectivity index (χ1v) is 6.20. The molecule has 2 rings (SSSR count). The lowest BCUT2D eigenvalue weighted by Gasteiger charge is -2.31. The first-order chi connectivity index (χ1) is 7.22. The van der Waals surface area contributed by atoms with Gasteiger partial charge in [0, 0.05) is 11.4 Å². The van der Waals surface area contributed by atoms with Crippen LogP contribution in [0.2, 0.25) is 0 Å². The zero-order valence-electron chi connectivity index (χ0n) is 9.19. The largest absolute Gasteiger partial charge is 0.338 e. The van der Waals surface area contributed by atoms with E-state index in [0.29, 0.717) is 0 Å². The summed E-state index contributed by atoms with van der Waals surface area (Å²) in [6.07, 6.45) is 4.36. The molecule has 0 radical (unpaired) electrons. The fraction of sp³-hybridized carbons (Fsp3) is 0.636. The first-order valence-electron chi connectivity index (χ1n) is 5.38. The van der Waals surface area contributed by atoms with Gasteiger partial charge in [-0.1, -0.05) is 0 Å². The second-order valence-corrected chi connectivity index (χ2v) is 5.21. The minimum absolute atomic E-state index is 0.0451. The van der Waals surface area contributed by atoms with Gasteiger partial charge in [-0.05, 0) is 33.1 Å². The van der Waals surface area contributed by atoms with E-state index in [2.05, 4.69) is 16.8 Å². The van der Waals surface area contributed by atoms with E-state index in [-0.39, 0.29) is 6.04 Å². The van der Waals surface area contributed by atoms with Crippen molar-refractivity contribution >= 4 is 22.8 Å². The lowest BCUT2D eigenvalue weighted by Crippen LogP contribution is -2.40. The Morgan fingerprint density at radius 1 is 1.47 bits per heavy atom. The molecule has 1 aromatic heterocycles. The van der Waals surface area contributed by atoms with Crippen molar-refractivity contribution in [1.82, 2.24) is 4.98 Å². The van der Waals surface area contributed by atoms with Gasteiger partial charge in [-0.15, -0.1) is 11.3 Å². The average Bonchev–Trinajstić information content (AvgIpc) is 2.59. The third-order valence-corrected chi connectivity index (χ3v) is 4.08. The normalized spacial score (nSPS) is 21.7. The zero-order valence-corrected chi connectivity index (χ0v) is 10.0. The molecule has 1 aliphatic rings. The van der Waals surface area contributed by atoms with Gasteiger partial charge in [0.15, 0.2) is 5.13 Å². The number of carbonyl (C=O) groups is 1. The molecule has 1 saturated heterocycles. The number of anilines is 1. The number of nitrogens with zero attached hydrogens (tertiary/aromatic N) is 2. The predicted octanol–water partition coefficient (Wildman–Crippen LogP) is 2.32. The lowest BCUT2D eigenvalue weighted by molar-refractivity contribution is -0.109. The van der Waals surface area contributed by atoms with Crippen molar-refractivity contribution in [2.75, 3.05) is 11.4 Å². The summed E-state index contributed by atoms with van der Waals surface area (Å²) >= 11 is 1.70. The molecule has 0 aromatic carbocycles. The van der Waals surface area contributed by atoms with E-state index in [1.54, 1.807) is 11.3 Å². The fourth-order valence-electron chi connectivity index (χ4n) is 1.91. The van der Waals surface area contributed by atoms with Crippen LogP contribution in [0.5, 0.6) is 0 Å². The third kappa shape index (κ3) is 2.04. The number of rotatable bonds is 2. The van der Waals surface area contributed by atoms with Crippen molar-refractivity contribution in [2.45, 2.75) is 39.2 Å². The first kappa shape index (κ1) is 10.6.